The molecule has 4 atom stereocenters. The van der Waals surface area contributed by atoms with Crippen LogP contribution in [0.1, 0.15) is 47.7 Å². The second kappa shape index (κ2) is 15.7. The van der Waals surface area contributed by atoms with Crippen LogP contribution in [-0.4, -0.2) is 58.3 Å². The first-order chi connectivity index (χ1) is 24.3. The highest BCUT2D eigenvalue weighted by Crippen LogP contribution is 2.35. The fraction of sp³-hybridized carbons (Fsp3) is 0.135. The molecule has 1 aliphatic heterocycles. The maximum absolute atomic E-state index is 13.6. The van der Waals surface area contributed by atoms with E-state index in [1.165, 1.54) is 18.3 Å². The maximum atomic E-state index is 13.6. The minimum Gasteiger partial charge on any atom is -0.459 e. The van der Waals surface area contributed by atoms with Crippen molar-refractivity contribution < 1.29 is 38.1 Å². The Morgan fingerprint density at radius 1 is 0.680 bits per heavy atom. The third-order valence-corrected chi connectivity index (χ3v) is 8.42. The van der Waals surface area contributed by atoms with Gasteiger partial charge in [-0.25, -0.2) is 19.2 Å². The number of anilines is 1. The summed E-state index contributed by atoms with van der Waals surface area (Å²) in [7, 11) is 0. The molecule has 1 amide bonds. The van der Waals surface area contributed by atoms with Crippen LogP contribution >= 0.6 is 22.6 Å². The van der Waals surface area contributed by atoms with E-state index in [0.29, 0.717) is 9.13 Å². The Hall–Kier alpha value is -5.67. The van der Waals surface area contributed by atoms with Gasteiger partial charge in [0.2, 0.25) is 0 Å². The minimum absolute atomic E-state index is 0.00285. The molecule has 1 saturated heterocycles. The van der Waals surface area contributed by atoms with E-state index in [1.54, 1.807) is 109 Å². The molecule has 0 saturated carbocycles. The molecule has 0 spiro atoms. The molecule has 252 valence electrons. The molecule has 6 rings (SSSR count). The lowest BCUT2D eigenvalue weighted by molar-refractivity contribution is -0.0640. The molecule has 50 heavy (non-hydrogen) atoms. The monoisotopic (exact) mass is 785 g/mol. The van der Waals surface area contributed by atoms with Crippen molar-refractivity contribution in [2.45, 2.75) is 24.5 Å². The third-order valence-electron chi connectivity index (χ3n) is 7.63. The van der Waals surface area contributed by atoms with Crippen LogP contribution in [0, 0.1) is 3.57 Å². The van der Waals surface area contributed by atoms with Crippen molar-refractivity contribution in [2.75, 3.05) is 11.9 Å². The van der Waals surface area contributed by atoms with Gasteiger partial charge in [0.25, 0.3) is 5.91 Å². The summed E-state index contributed by atoms with van der Waals surface area (Å²) in [4.78, 5) is 70.2. The Morgan fingerprint density at radius 3 is 1.66 bits per heavy atom. The Bertz CT molecular complexity index is 2050. The second-order valence-corrected chi connectivity index (χ2v) is 12.1. The van der Waals surface area contributed by atoms with Crippen molar-refractivity contribution in [1.29, 1.82) is 0 Å². The van der Waals surface area contributed by atoms with Gasteiger partial charge in [0.05, 0.1) is 20.3 Å². The summed E-state index contributed by atoms with van der Waals surface area (Å²) in [6, 6.07) is 32.9. The highest BCUT2D eigenvalue weighted by Gasteiger charge is 2.52. The van der Waals surface area contributed by atoms with E-state index in [-0.39, 0.29) is 22.5 Å². The first-order valence-corrected chi connectivity index (χ1v) is 16.4. The summed E-state index contributed by atoms with van der Waals surface area (Å²) in [5, 5.41) is 2.64. The second-order valence-electron chi connectivity index (χ2n) is 10.9. The summed E-state index contributed by atoms with van der Waals surface area (Å²) < 4.78 is 25.1. The Kier molecular flexibility index (Phi) is 10.7. The van der Waals surface area contributed by atoms with Crippen LogP contribution in [0.4, 0.5) is 5.82 Å². The smallest absolute Gasteiger partial charge is 0.351 e. The lowest BCUT2D eigenvalue weighted by atomic mass is 10.1. The number of hydrogen-bond acceptors (Lipinski definition) is 10. The van der Waals surface area contributed by atoms with Gasteiger partial charge in [-0.1, -0.05) is 72.8 Å². The van der Waals surface area contributed by atoms with E-state index in [1.807, 2.05) is 22.6 Å². The van der Waals surface area contributed by atoms with E-state index in [4.69, 9.17) is 18.9 Å². The first-order valence-electron chi connectivity index (χ1n) is 15.3. The largest absolute Gasteiger partial charge is 0.459 e. The van der Waals surface area contributed by atoms with Crippen molar-refractivity contribution in [3.63, 3.8) is 0 Å². The molecule has 1 fully saturated rings. The van der Waals surface area contributed by atoms with Crippen molar-refractivity contribution in [1.82, 2.24) is 9.55 Å². The van der Waals surface area contributed by atoms with E-state index in [0.717, 1.165) is 4.57 Å². The first kappa shape index (κ1) is 34.2. The molecule has 1 aromatic heterocycles. The highest BCUT2D eigenvalue weighted by atomic mass is 127. The van der Waals surface area contributed by atoms with Crippen LogP contribution in [-0.2, 0) is 18.9 Å². The van der Waals surface area contributed by atoms with Crippen LogP contribution in [0.5, 0.6) is 0 Å². The number of nitrogens with one attached hydrogen (secondary N) is 1. The van der Waals surface area contributed by atoms with Gasteiger partial charge in [0.1, 0.15) is 12.7 Å². The number of rotatable bonds is 10. The lowest BCUT2D eigenvalue weighted by Crippen LogP contribution is -2.42. The molecule has 12 nitrogen and oxygen atoms in total. The van der Waals surface area contributed by atoms with E-state index in [2.05, 4.69) is 10.3 Å². The predicted molar refractivity (Wildman–Crippen MR) is 188 cm³/mol. The molecular formula is C37H28IN3O9. The fourth-order valence-electron chi connectivity index (χ4n) is 5.17. The summed E-state index contributed by atoms with van der Waals surface area (Å²) >= 11 is 1.90. The maximum Gasteiger partial charge on any atom is 0.351 e. The van der Waals surface area contributed by atoms with Crippen LogP contribution in [0.15, 0.2) is 132 Å². The molecule has 0 radical (unpaired) electrons. The average molecular weight is 786 g/mol. The molecule has 0 unspecified atom stereocenters. The fourth-order valence-corrected chi connectivity index (χ4v) is 5.72. The zero-order valence-electron chi connectivity index (χ0n) is 26.1. The quantitative estimate of drug-likeness (QED) is 0.112. The van der Waals surface area contributed by atoms with Gasteiger partial charge in [-0.2, -0.15) is 4.98 Å². The minimum atomic E-state index is -1.42. The third kappa shape index (κ3) is 7.96. The number of esters is 3. The van der Waals surface area contributed by atoms with Gasteiger partial charge in [-0.05, 0) is 71.1 Å². The van der Waals surface area contributed by atoms with Gasteiger partial charge >= 0.3 is 23.6 Å². The molecule has 4 aromatic carbocycles. The van der Waals surface area contributed by atoms with Crippen molar-refractivity contribution in [2.24, 2.45) is 0 Å². The topological polar surface area (TPSA) is 152 Å². The molecule has 2 heterocycles. The standard InChI is InChI=1S/C37H28IN3O9/c38-27-21-41(37(46)40-31(27)39-32(42)23-13-5-1-6-14-23)33-30(50-36(45)26-19-11-4-12-20-26)29(49-35(44)25-17-9-3-10-18-25)28(48-33)22-47-34(43)24-15-7-2-8-16-24/h1-21,28-30,33H,22H2,(H,39,40,42,46)/t28-,29+,30-,33-/m1/s1. The summed E-state index contributed by atoms with van der Waals surface area (Å²) in [6.45, 7) is -0.430. The highest BCUT2D eigenvalue weighted by molar-refractivity contribution is 14.1. The van der Waals surface area contributed by atoms with Crippen LogP contribution in [0.25, 0.3) is 0 Å². The van der Waals surface area contributed by atoms with Crippen molar-refractivity contribution in [3.8, 4) is 0 Å². The van der Waals surface area contributed by atoms with E-state index in [9.17, 15) is 24.0 Å². The normalized spacial score (nSPS) is 18.1. The zero-order valence-corrected chi connectivity index (χ0v) is 28.2. The summed E-state index contributed by atoms with van der Waals surface area (Å²) in [5.41, 5.74) is 0.162. The molecule has 5 aromatic rings. The molecule has 13 heteroatoms. The molecular weight excluding hydrogens is 757 g/mol. The van der Waals surface area contributed by atoms with Crippen LogP contribution in [0.2, 0.25) is 0 Å². The van der Waals surface area contributed by atoms with Crippen molar-refractivity contribution >= 4 is 52.2 Å². The number of ether oxygens (including phenoxy) is 4. The van der Waals surface area contributed by atoms with Crippen LogP contribution in [0.3, 0.4) is 0 Å². The number of halogens is 1. The SMILES string of the molecule is O=C(Nc1nc(=O)n([C@@H]2O[C@H](COC(=O)c3ccccc3)[C@H](OC(=O)c3ccccc3)[C@H]2OC(=O)c2ccccc2)cc1I)c1ccccc1. The number of nitrogens with zero attached hydrogens (tertiary/aromatic N) is 2. The molecule has 0 bridgehead atoms. The van der Waals surface area contributed by atoms with E-state index < -0.39 is 60.7 Å². The van der Waals surface area contributed by atoms with Gasteiger partial charge < -0.3 is 24.3 Å². The Morgan fingerprint density at radius 2 is 1.14 bits per heavy atom. The Labute approximate surface area is 299 Å². The number of amides is 1. The van der Waals surface area contributed by atoms with Gasteiger partial charge in [0.15, 0.2) is 24.3 Å². The van der Waals surface area contributed by atoms with Crippen molar-refractivity contribution in [3.05, 3.63) is 164 Å². The molecule has 0 aliphatic carbocycles. The van der Waals surface area contributed by atoms with E-state index >= 15 is 0 Å². The number of benzene rings is 4. The number of aromatic nitrogens is 2. The molecule has 1 aliphatic rings. The molecule has 1 N–H and O–H groups in total. The Balaban J connectivity index is 1.35. The predicted octanol–water partition coefficient (Wildman–Crippen LogP) is 5.31. The number of hydrogen-bond donors (Lipinski definition) is 1. The van der Waals surface area contributed by atoms with Crippen LogP contribution < -0.4 is 11.0 Å². The number of carbonyl (C=O) groups excluding carboxylic acids is 4. The van der Waals surface area contributed by atoms with Gasteiger partial charge in [0, 0.05) is 11.8 Å². The summed E-state index contributed by atoms with van der Waals surface area (Å²) in [6.07, 6.45) is -4.00. The number of carbonyl (C=O) groups is 4. The zero-order chi connectivity index (χ0) is 35.0. The van der Waals surface area contributed by atoms with Gasteiger partial charge in [-0.3, -0.25) is 9.36 Å². The average Bonchev–Trinajstić information content (AvgIpc) is 3.48. The lowest BCUT2D eigenvalue weighted by Gasteiger charge is -2.25. The van der Waals surface area contributed by atoms with Gasteiger partial charge in [-0.15, -0.1) is 0 Å². The summed E-state index contributed by atoms with van der Waals surface area (Å²) in [5.74, 6) is -2.70.